The van der Waals surface area contributed by atoms with E-state index in [1.165, 1.54) is 16.7 Å². The van der Waals surface area contributed by atoms with Crippen LogP contribution in [0.1, 0.15) is 34.3 Å². The molecule has 1 aliphatic rings. The minimum absolute atomic E-state index is 0.130. The van der Waals surface area contributed by atoms with Crippen LogP contribution in [0.15, 0.2) is 84.9 Å². The maximum Gasteiger partial charge on any atom is 0.238 e. The van der Waals surface area contributed by atoms with E-state index in [2.05, 4.69) is 107 Å². The fourth-order valence-electron chi connectivity index (χ4n) is 4.88. The first-order valence-electron chi connectivity index (χ1n) is 11.7. The van der Waals surface area contributed by atoms with Crippen molar-refractivity contribution in [2.75, 3.05) is 33.2 Å². The van der Waals surface area contributed by atoms with Crippen LogP contribution in [0.4, 0.5) is 0 Å². The molecule has 1 heterocycles. The standard InChI is InChI=1S/C28H34N4O/c1-21-13-15-24(16-14-21)27(25(29)28(33)30-2)32-19-17-31(18-20-32)26(22-9-5-3-6-10-22)23-11-7-4-8-12-23/h3-16,25-27H,17-20,29H2,1-2H3,(H,30,33). The number of nitrogens with two attached hydrogens (primary N) is 1. The second-order valence-corrected chi connectivity index (χ2v) is 8.79. The monoisotopic (exact) mass is 442 g/mol. The fourth-order valence-corrected chi connectivity index (χ4v) is 4.88. The molecule has 4 rings (SSSR count). The molecule has 0 radical (unpaired) electrons. The van der Waals surface area contributed by atoms with Crippen LogP contribution < -0.4 is 11.1 Å². The molecule has 1 aliphatic heterocycles. The average molecular weight is 443 g/mol. The second-order valence-electron chi connectivity index (χ2n) is 8.79. The van der Waals surface area contributed by atoms with Crippen LogP contribution in [-0.4, -0.2) is 55.0 Å². The summed E-state index contributed by atoms with van der Waals surface area (Å²) in [6.45, 7) is 5.57. The van der Waals surface area contributed by atoms with Gasteiger partial charge in [0.1, 0.15) is 6.04 Å². The predicted molar refractivity (Wildman–Crippen MR) is 134 cm³/mol. The molecule has 0 bridgehead atoms. The fraction of sp³-hybridized carbons (Fsp3) is 0.321. The topological polar surface area (TPSA) is 61.6 Å². The van der Waals surface area contributed by atoms with Crippen LogP contribution in [0.25, 0.3) is 0 Å². The minimum atomic E-state index is -0.622. The number of hydrogen-bond acceptors (Lipinski definition) is 4. The van der Waals surface area contributed by atoms with Crippen molar-refractivity contribution in [2.24, 2.45) is 5.73 Å². The van der Waals surface area contributed by atoms with Gasteiger partial charge in [-0.3, -0.25) is 14.6 Å². The summed E-state index contributed by atoms with van der Waals surface area (Å²) < 4.78 is 0. The van der Waals surface area contributed by atoms with Gasteiger partial charge in [0.05, 0.1) is 12.1 Å². The summed E-state index contributed by atoms with van der Waals surface area (Å²) in [6.07, 6.45) is 0. The maximum absolute atomic E-state index is 12.5. The number of nitrogens with one attached hydrogen (secondary N) is 1. The Hall–Kier alpha value is -2.99. The van der Waals surface area contributed by atoms with Gasteiger partial charge < -0.3 is 11.1 Å². The number of carbonyl (C=O) groups is 1. The van der Waals surface area contributed by atoms with E-state index in [0.717, 1.165) is 31.7 Å². The normalized spacial score (nSPS) is 17.0. The Morgan fingerprint density at radius 3 is 1.73 bits per heavy atom. The van der Waals surface area contributed by atoms with Gasteiger partial charge in [-0.2, -0.15) is 0 Å². The van der Waals surface area contributed by atoms with Crippen LogP contribution >= 0.6 is 0 Å². The van der Waals surface area contributed by atoms with Crippen LogP contribution in [-0.2, 0) is 4.79 Å². The quantitative estimate of drug-likeness (QED) is 0.588. The lowest BCUT2D eigenvalue weighted by atomic mass is 9.94. The van der Waals surface area contributed by atoms with Gasteiger partial charge in [0.2, 0.25) is 5.91 Å². The van der Waals surface area contributed by atoms with Crippen molar-refractivity contribution in [1.82, 2.24) is 15.1 Å². The molecule has 1 fully saturated rings. The lowest BCUT2D eigenvalue weighted by molar-refractivity contribution is -0.123. The summed E-state index contributed by atoms with van der Waals surface area (Å²) in [7, 11) is 1.65. The van der Waals surface area contributed by atoms with Gasteiger partial charge in [0.25, 0.3) is 0 Å². The molecule has 5 nitrogen and oxygen atoms in total. The van der Waals surface area contributed by atoms with Crippen molar-refractivity contribution in [3.63, 3.8) is 0 Å². The average Bonchev–Trinajstić information content (AvgIpc) is 2.87. The molecular weight excluding hydrogens is 408 g/mol. The van der Waals surface area contributed by atoms with Crippen molar-refractivity contribution in [3.05, 3.63) is 107 Å². The molecule has 2 atom stereocenters. The van der Waals surface area contributed by atoms with Gasteiger partial charge in [-0.05, 0) is 23.6 Å². The highest BCUT2D eigenvalue weighted by Crippen LogP contribution is 2.32. The Morgan fingerprint density at radius 2 is 1.24 bits per heavy atom. The lowest BCUT2D eigenvalue weighted by Gasteiger charge is -2.44. The van der Waals surface area contributed by atoms with E-state index in [1.54, 1.807) is 7.05 Å². The van der Waals surface area contributed by atoms with E-state index in [4.69, 9.17) is 5.73 Å². The van der Waals surface area contributed by atoms with Crippen LogP contribution in [0.3, 0.4) is 0 Å². The zero-order valence-corrected chi connectivity index (χ0v) is 19.5. The SMILES string of the molecule is CNC(=O)C(N)C(c1ccc(C)cc1)N1CCN(C(c2ccccc2)c2ccccc2)CC1. The summed E-state index contributed by atoms with van der Waals surface area (Å²) in [5.74, 6) is -0.130. The first kappa shape index (κ1) is 23.2. The molecule has 3 aromatic rings. The molecule has 2 unspecified atom stereocenters. The van der Waals surface area contributed by atoms with Gasteiger partial charge >= 0.3 is 0 Å². The third-order valence-electron chi connectivity index (χ3n) is 6.65. The van der Waals surface area contributed by atoms with Crippen LogP contribution in [0.2, 0.25) is 0 Å². The molecule has 0 saturated carbocycles. The third-order valence-corrected chi connectivity index (χ3v) is 6.65. The molecule has 0 aromatic heterocycles. The molecule has 1 saturated heterocycles. The highest BCUT2D eigenvalue weighted by Gasteiger charge is 2.34. The molecule has 0 aliphatic carbocycles. The van der Waals surface area contributed by atoms with E-state index in [-0.39, 0.29) is 18.0 Å². The Bertz CT molecular complexity index is 975. The largest absolute Gasteiger partial charge is 0.358 e. The molecule has 1 amide bonds. The summed E-state index contributed by atoms with van der Waals surface area (Å²) in [5, 5.41) is 2.73. The summed E-state index contributed by atoms with van der Waals surface area (Å²) in [4.78, 5) is 17.4. The first-order chi connectivity index (χ1) is 16.1. The number of benzene rings is 3. The van der Waals surface area contributed by atoms with Crippen LogP contribution in [0.5, 0.6) is 0 Å². The van der Waals surface area contributed by atoms with E-state index in [0.29, 0.717) is 0 Å². The number of carbonyl (C=O) groups excluding carboxylic acids is 1. The van der Waals surface area contributed by atoms with Gasteiger partial charge in [0, 0.05) is 33.2 Å². The van der Waals surface area contributed by atoms with Crippen molar-refractivity contribution in [3.8, 4) is 0 Å². The number of piperazine rings is 1. The second kappa shape index (κ2) is 10.8. The Morgan fingerprint density at radius 1 is 0.758 bits per heavy atom. The van der Waals surface area contributed by atoms with E-state index < -0.39 is 6.04 Å². The highest BCUT2D eigenvalue weighted by molar-refractivity contribution is 5.82. The molecule has 33 heavy (non-hydrogen) atoms. The van der Waals surface area contributed by atoms with Gasteiger partial charge in [-0.25, -0.2) is 0 Å². The van der Waals surface area contributed by atoms with Crippen molar-refractivity contribution in [1.29, 1.82) is 0 Å². The van der Waals surface area contributed by atoms with Crippen molar-refractivity contribution in [2.45, 2.75) is 25.0 Å². The molecule has 5 heteroatoms. The number of nitrogens with zero attached hydrogens (tertiary/aromatic N) is 2. The van der Waals surface area contributed by atoms with Gasteiger partial charge in [-0.1, -0.05) is 90.5 Å². The summed E-state index contributed by atoms with van der Waals surface area (Å²) >= 11 is 0. The highest BCUT2D eigenvalue weighted by atomic mass is 16.2. The maximum atomic E-state index is 12.5. The van der Waals surface area contributed by atoms with E-state index in [9.17, 15) is 4.79 Å². The summed E-state index contributed by atoms with van der Waals surface area (Å²) in [6, 6.07) is 29.2. The zero-order valence-electron chi connectivity index (χ0n) is 19.5. The number of rotatable bonds is 7. The molecule has 172 valence electrons. The third kappa shape index (κ3) is 5.33. The number of hydrogen-bond donors (Lipinski definition) is 2. The predicted octanol–water partition coefficient (Wildman–Crippen LogP) is 3.52. The zero-order chi connectivity index (χ0) is 23.2. The first-order valence-corrected chi connectivity index (χ1v) is 11.7. The van der Waals surface area contributed by atoms with Gasteiger partial charge in [-0.15, -0.1) is 0 Å². The van der Waals surface area contributed by atoms with Gasteiger partial charge in [0.15, 0.2) is 0 Å². The van der Waals surface area contributed by atoms with E-state index in [1.807, 2.05) is 0 Å². The number of aryl methyl sites for hydroxylation is 1. The minimum Gasteiger partial charge on any atom is -0.358 e. The molecule has 3 N–H and O–H groups in total. The van der Waals surface area contributed by atoms with Crippen molar-refractivity contribution >= 4 is 5.91 Å². The molecular formula is C28H34N4O. The molecule has 3 aromatic carbocycles. The number of amides is 1. The Labute approximate surface area is 197 Å². The van der Waals surface area contributed by atoms with Crippen molar-refractivity contribution < 1.29 is 4.79 Å². The molecule has 0 spiro atoms. The summed E-state index contributed by atoms with van der Waals surface area (Å²) in [5.41, 5.74) is 11.4. The smallest absolute Gasteiger partial charge is 0.238 e. The van der Waals surface area contributed by atoms with E-state index >= 15 is 0 Å². The Balaban J connectivity index is 1.57. The van der Waals surface area contributed by atoms with Crippen LogP contribution in [0, 0.1) is 6.92 Å². The lowest BCUT2D eigenvalue weighted by Crippen LogP contribution is -2.55. The Kier molecular flexibility index (Phi) is 7.55. The number of likely N-dealkylation sites (N-methyl/N-ethyl adjacent to an activating group) is 1.